The zero-order valence-corrected chi connectivity index (χ0v) is 14.1. The Hall–Kier alpha value is -0.970. The molecule has 2 saturated heterocycles. The molecular formula is C19H29FN2O. The van der Waals surface area contributed by atoms with Gasteiger partial charge >= 0.3 is 0 Å². The summed E-state index contributed by atoms with van der Waals surface area (Å²) in [5.41, 5.74) is 0.811. The lowest BCUT2D eigenvalue weighted by molar-refractivity contribution is 0.145. The second kappa shape index (κ2) is 8.22. The molecule has 128 valence electrons. The molecule has 1 aromatic rings. The van der Waals surface area contributed by atoms with Crippen molar-refractivity contribution in [2.45, 2.75) is 44.7 Å². The number of nitrogens with zero attached hydrogens (tertiary/aromatic N) is 1. The van der Waals surface area contributed by atoms with Crippen LogP contribution >= 0.6 is 0 Å². The Morgan fingerprint density at radius 3 is 2.74 bits per heavy atom. The van der Waals surface area contributed by atoms with E-state index in [4.69, 9.17) is 4.74 Å². The number of piperidine rings is 1. The van der Waals surface area contributed by atoms with Gasteiger partial charge in [-0.15, -0.1) is 0 Å². The van der Waals surface area contributed by atoms with Crippen molar-refractivity contribution >= 4 is 0 Å². The molecule has 23 heavy (non-hydrogen) atoms. The van der Waals surface area contributed by atoms with Crippen LogP contribution in [0, 0.1) is 11.7 Å². The van der Waals surface area contributed by atoms with Crippen molar-refractivity contribution in [1.82, 2.24) is 10.2 Å². The Morgan fingerprint density at radius 2 is 2.04 bits per heavy atom. The first-order valence-corrected chi connectivity index (χ1v) is 9.00. The van der Waals surface area contributed by atoms with E-state index in [0.29, 0.717) is 12.1 Å². The first-order valence-electron chi connectivity index (χ1n) is 9.00. The maximum atomic E-state index is 13.7. The van der Waals surface area contributed by atoms with Gasteiger partial charge in [0.05, 0.1) is 6.61 Å². The van der Waals surface area contributed by atoms with Crippen molar-refractivity contribution < 1.29 is 9.13 Å². The molecule has 0 aromatic heterocycles. The standard InChI is InChI=1S/C19H29FN2O/c1-15(12-17-4-2-3-5-19(17)20)21-18-6-9-22(10-7-18)13-16-8-11-23-14-16/h2-5,15-16,18,21H,6-14H2,1H3/t15-,16-/m0/s1. The monoisotopic (exact) mass is 320 g/mol. The molecule has 1 N–H and O–H groups in total. The molecule has 4 heteroatoms. The molecule has 3 rings (SSSR count). The van der Waals surface area contributed by atoms with Gasteiger partial charge in [0.2, 0.25) is 0 Å². The molecule has 2 atom stereocenters. The first-order chi connectivity index (χ1) is 11.2. The molecule has 2 aliphatic rings. The summed E-state index contributed by atoms with van der Waals surface area (Å²) < 4.78 is 19.2. The minimum atomic E-state index is -0.0882. The van der Waals surface area contributed by atoms with Crippen LogP contribution < -0.4 is 5.32 Å². The average Bonchev–Trinajstić information content (AvgIpc) is 3.04. The van der Waals surface area contributed by atoms with Crippen molar-refractivity contribution in [2.75, 3.05) is 32.8 Å². The van der Waals surface area contributed by atoms with E-state index in [-0.39, 0.29) is 5.82 Å². The molecule has 2 fully saturated rings. The lowest BCUT2D eigenvalue weighted by Gasteiger charge is -2.35. The van der Waals surface area contributed by atoms with Crippen molar-refractivity contribution in [3.8, 4) is 0 Å². The number of rotatable bonds is 6. The molecule has 0 bridgehead atoms. The van der Waals surface area contributed by atoms with Gasteiger partial charge in [0.25, 0.3) is 0 Å². The van der Waals surface area contributed by atoms with E-state index >= 15 is 0 Å². The quantitative estimate of drug-likeness (QED) is 0.872. The highest BCUT2D eigenvalue weighted by Gasteiger charge is 2.24. The second-order valence-electron chi connectivity index (χ2n) is 7.17. The van der Waals surface area contributed by atoms with E-state index in [9.17, 15) is 4.39 Å². The van der Waals surface area contributed by atoms with Crippen LogP contribution in [0.1, 0.15) is 31.7 Å². The fraction of sp³-hybridized carbons (Fsp3) is 0.684. The maximum absolute atomic E-state index is 13.7. The lowest BCUT2D eigenvalue weighted by Crippen LogP contribution is -2.47. The lowest BCUT2D eigenvalue weighted by atomic mass is 10.00. The Balaban J connectivity index is 1.39. The van der Waals surface area contributed by atoms with Crippen molar-refractivity contribution in [3.63, 3.8) is 0 Å². The predicted octanol–water partition coefficient (Wildman–Crippen LogP) is 2.85. The van der Waals surface area contributed by atoms with Crippen LogP contribution in [-0.2, 0) is 11.2 Å². The van der Waals surface area contributed by atoms with Gasteiger partial charge in [-0.3, -0.25) is 0 Å². The van der Waals surface area contributed by atoms with Crippen molar-refractivity contribution in [2.24, 2.45) is 5.92 Å². The third-order valence-electron chi connectivity index (χ3n) is 5.13. The van der Waals surface area contributed by atoms with Gasteiger partial charge in [-0.25, -0.2) is 4.39 Å². The van der Waals surface area contributed by atoms with E-state index in [0.717, 1.165) is 31.1 Å². The smallest absolute Gasteiger partial charge is 0.126 e. The summed E-state index contributed by atoms with van der Waals surface area (Å²) in [7, 11) is 0. The highest BCUT2D eigenvalue weighted by atomic mass is 19.1. The van der Waals surface area contributed by atoms with Gasteiger partial charge in [-0.05, 0) is 63.2 Å². The topological polar surface area (TPSA) is 24.5 Å². The summed E-state index contributed by atoms with van der Waals surface area (Å²) in [4.78, 5) is 2.58. The molecular weight excluding hydrogens is 291 g/mol. The fourth-order valence-corrected chi connectivity index (χ4v) is 3.83. The average molecular weight is 320 g/mol. The predicted molar refractivity (Wildman–Crippen MR) is 91.1 cm³/mol. The maximum Gasteiger partial charge on any atom is 0.126 e. The summed E-state index contributed by atoms with van der Waals surface area (Å²) in [6.07, 6.45) is 4.36. The van der Waals surface area contributed by atoms with Crippen LogP contribution in [0.3, 0.4) is 0 Å². The van der Waals surface area contributed by atoms with Gasteiger partial charge in [0.15, 0.2) is 0 Å². The summed E-state index contributed by atoms with van der Waals surface area (Å²) in [5, 5.41) is 3.69. The van der Waals surface area contributed by atoms with Gasteiger partial charge in [-0.2, -0.15) is 0 Å². The van der Waals surface area contributed by atoms with E-state index in [2.05, 4.69) is 17.1 Å². The highest BCUT2D eigenvalue weighted by molar-refractivity contribution is 5.18. The van der Waals surface area contributed by atoms with E-state index in [1.807, 2.05) is 12.1 Å². The molecule has 0 amide bonds. The summed E-state index contributed by atoms with van der Waals surface area (Å²) in [6, 6.07) is 7.98. The van der Waals surface area contributed by atoms with Crippen LogP contribution in [0.5, 0.6) is 0 Å². The largest absolute Gasteiger partial charge is 0.381 e. The first kappa shape index (κ1) is 16.9. The number of nitrogens with one attached hydrogen (secondary N) is 1. The number of hydrogen-bond acceptors (Lipinski definition) is 3. The normalized spacial score (nSPS) is 24.9. The number of ether oxygens (including phenoxy) is 1. The number of likely N-dealkylation sites (tertiary alicyclic amines) is 1. The Kier molecular flexibility index (Phi) is 6.03. The Morgan fingerprint density at radius 1 is 1.26 bits per heavy atom. The fourth-order valence-electron chi connectivity index (χ4n) is 3.83. The van der Waals surface area contributed by atoms with Gasteiger partial charge in [0.1, 0.15) is 5.82 Å². The van der Waals surface area contributed by atoms with Crippen molar-refractivity contribution in [3.05, 3.63) is 35.6 Å². The molecule has 0 radical (unpaired) electrons. The van der Waals surface area contributed by atoms with Crippen LogP contribution in [0.4, 0.5) is 4.39 Å². The van der Waals surface area contributed by atoms with E-state index in [1.165, 1.54) is 38.9 Å². The Labute approximate surface area is 139 Å². The Bertz CT molecular complexity index is 482. The zero-order valence-electron chi connectivity index (χ0n) is 14.1. The second-order valence-corrected chi connectivity index (χ2v) is 7.17. The third-order valence-corrected chi connectivity index (χ3v) is 5.13. The minimum absolute atomic E-state index is 0.0882. The summed E-state index contributed by atoms with van der Waals surface area (Å²) in [5.74, 6) is 0.647. The third kappa shape index (κ3) is 5.00. The molecule has 3 nitrogen and oxygen atoms in total. The molecule has 2 heterocycles. The molecule has 0 unspecified atom stereocenters. The van der Waals surface area contributed by atoms with Crippen molar-refractivity contribution in [1.29, 1.82) is 0 Å². The number of hydrogen-bond donors (Lipinski definition) is 1. The molecule has 0 saturated carbocycles. The van der Waals surface area contributed by atoms with Crippen LogP contribution in [-0.4, -0.2) is 49.8 Å². The van der Waals surface area contributed by atoms with Gasteiger partial charge < -0.3 is 15.0 Å². The van der Waals surface area contributed by atoms with Gasteiger partial charge in [-0.1, -0.05) is 18.2 Å². The zero-order chi connectivity index (χ0) is 16.1. The molecule has 0 spiro atoms. The number of benzene rings is 1. The SMILES string of the molecule is C[C@@H](Cc1ccccc1F)NC1CCN(C[C@@H]2CCOC2)CC1. The van der Waals surface area contributed by atoms with Gasteiger partial charge in [0, 0.05) is 25.2 Å². The van der Waals surface area contributed by atoms with E-state index in [1.54, 1.807) is 12.1 Å². The van der Waals surface area contributed by atoms with Crippen LogP contribution in [0.25, 0.3) is 0 Å². The molecule has 1 aromatic carbocycles. The number of halogens is 1. The van der Waals surface area contributed by atoms with Crippen LogP contribution in [0.2, 0.25) is 0 Å². The summed E-state index contributed by atoms with van der Waals surface area (Å²) in [6.45, 7) is 7.57. The van der Waals surface area contributed by atoms with Crippen LogP contribution in [0.15, 0.2) is 24.3 Å². The molecule has 0 aliphatic carbocycles. The van der Waals surface area contributed by atoms with E-state index < -0.39 is 0 Å². The highest BCUT2D eigenvalue weighted by Crippen LogP contribution is 2.18. The molecule has 2 aliphatic heterocycles. The minimum Gasteiger partial charge on any atom is -0.381 e. The summed E-state index contributed by atoms with van der Waals surface area (Å²) >= 11 is 0.